The number of carbonyl (C=O) groups is 1. The van der Waals surface area contributed by atoms with Crippen molar-refractivity contribution in [2.24, 2.45) is 0 Å². The fourth-order valence-electron chi connectivity index (χ4n) is 3.10. The van der Waals surface area contributed by atoms with Crippen LogP contribution in [0.3, 0.4) is 0 Å². The van der Waals surface area contributed by atoms with Gasteiger partial charge in [-0.1, -0.05) is 19.0 Å². The normalized spacial score (nSPS) is 15.6. The smallest absolute Gasteiger partial charge is 0.230 e. The molecule has 0 atom stereocenters. The molecule has 2 aromatic heterocycles. The zero-order chi connectivity index (χ0) is 16.9. The molecule has 3 rings (SSSR count). The first kappa shape index (κ1) is 17.1. The quantitative estimate of drug-likeness (QED) is 0.839. The molecule has 2 N–H and O–H groups in total. The minimum atomic E-state index is -0.0613. The molecule has 7 heteroatoms. The summed E-state index contributed by atoms with van der Waals surface area (Å²) in [5, 5.41) is 11.0. The number of thiazole rings is 1. The molecule has 130 valence electrons. The van der Waals surface area contributed by atoms with Gasteiger partial charge in [0.1, 0.15) is 5.76 Å². The van der Waals surface area contributed by atoms with E-state index in [1.54, 1.807) is 11.3 Å². The number of hydrogen-bond donors (Lipinski definition) is 2. The molecule has 1 aliphatic rings. The third-order valence-corrected chi connectivity index (χ3v) is 5.53. The maximum Gasteiger partial charge on any atom is 0.230 e. The molecular weight excluding hydrogens is 324 g/mol. The lowest BCUT2D eigenvalue weighted by atomic mass is 9.97. The Hall–Kier alpha value is -1.73. The molecule has 1 aliphatic heterocycles. The van der Waals surface area contributed by atoms with Gasteiger partial charge >= 0.3 is 0 Å². The first-order chi connectivity index (χ1) is 11.7. The molecule has 2 aromatic rings. The van der Waals surface area contributed by atoms with Crippen LogP contribution in [0.25, 0.3) is 0 Å². The summed E-state index contributed by atoms with van der Waals surface area (Å²) in [4.78, 5) is 18.0. The van der Waals surface area contributed by atoms with Crippen molar-refractivity contribution in [1.29, 1.82) is 0 Å². The van der Waals surface area contributed by atoms with Gasteiger partial charge in [0, 0.05) is 23.1 Å². The second-order valence-electron chi connectivity index (χ2n) is 6.06. The summed E-state index contributed by atoms with van der Waals surface area (Å²) in [6.07, 6.45) is 5.98. The fourth-order valence-corrected chi connectivity index (χ4v) is 4.10. The highest BCUT2D eigenvalue weighted by Gasteiger charge is 2.20. The highest BCUT2D eigenvalue weighted by molar-refractivity contribution is 7.15. The minimum Gasteiger partial charge on any atom is -0.361 e. The Bertz CT molecular complexity index is 667. The van der Waals surface area contributed by atoms with Gasteiger partial charge in [-0.15, -0.1) is 11.3 Å². The zero-order valence-corrected chi connectivity index (χ0v) is 15.0. The van der Waals surface area contributed by atoms with Gasteiger partial charge in [-0.25, -0.2) is 4.98 Å². The van der Waals surface area contributed by atoms with Crippen molar-refractivity contribution in [2.75, 3.05) is 18.4 Å². The van der Waals surface area contributed by atoms with Crippen molar-refractivity contribution >= 4 is 22.4 Å². The topological polar surface area (TPSA) is 80.1 Å². The molecule has 24 heavy (non-hydrogen) atoms. The van der Waals surface area contributed by atoms with E-state index in [2.05, 4.69) is 20.8 Å². The summed E-state index contributed by atoms with van der Waals surface area (Å²) in [5.41, 5.74) is 1.80. The van der Waals surface area contributed by atoms with Crippen LogP contribution in [0.15, 0.2) is 10.7 Å². The largest absolute Gasteiger partial charge is 0.361 e. The number of aryl methyl sites for hydroxylation is 2. The number of piperidine rings is 1. The van der Waals surface area contributed by atoms with Gasteiger partial charge in [-0.05, 0) is 38.3 Å². The monoisotopic (exact) mass is 348 g/mol. The molecule has 0 radical (unpaired) electrons. The number of rotatable bonds is 6. The first-order valence-corrected chi connectivity index (χ1v) is 9.45. The number of nitrogens with one attached hydrogen (secondary N) is 2. The summed E-state index contributed by atoms with van der Waals surface area (Å²) < 4.78 is 5.32. The fraction of sp³-hybridized carbons (Fsp3) is 0.588. The van der Waals surface area contributed by atoms with Crippen LogP contribution in [0.1, 0.15) is 54.5 Å². The van der Waals surface area contributed by atoms with Crippen molar-refractivity contribution < 1.29 is 9.32 Å². The van der Waals surface area contributed by atoms with Crippen LogP contribution in [0.5, 0.6) is 0 Å². The number of carbonyl (C=O) groups excluding carboxylic acids is 1. The third kappa shape index (κ3) is 3.84. The second kappa shape index (κ2) is 7.90. The Balaban J connectivity index is 1.63. The van der Waals surface area contributed by atoms with Gasteiger partial charge < -0.3 is 15.2 Å². The van der Waals surface area contributed by atoms with Gasteiger partial charge in [-0.2, -0.15) is 0 Å². The molecule has 0 spiro atoms. The SMILES string of the molecule is CCc1noc(CC)c1CC(=O)Nc1ncc(C2CCNCC2)s1. The third-order valence-electron chi connectivity index (χ3n) is 4.46. The Morgan fingerprint density at radius 2 is 2.17 bits per heavy atom. The minimum absolute atomic E-state index is 0.0613. The second-order valence-corrected chi connectivity index (χ2v) is 7.12. The van der Waals surface area contributed by atoms with Crippen LogP contribution in [0, 0.1) is 0 Å². The molecule has 0 bridgehead atoms. The van der Waals surface area contributed by atoms with E-state index in [4.69, 9.17) is 4.52 Å². The number of anilines is 1. The number of hydrogen-bond acceptors (Lipinski definition) is 6. The zero-order valence-electron chi connectivity index (χ0n) is 14.2. The van der Waals surface area contributed by atoms with Crippen LogP contribution in [-0.2, 0) is 24.1 Å². The summed E-state index contributed by atoms with van der Waals surface area (Å²) in [6.45, 7) is 6.13. The average molecular weight is 348 g/mol. The van der Waals surface area contributed by atoms with E-state index in [1.165, 1.54) is 4.88 Å². The molecule has 0 unspecified atom stereocenters. The van der Waals surface area contributed by atoms with E-state index >= 15 is 0 Å². The number of nitrogens with zero attached hydrogens (tertiary/aromatic N) is 2. The summed E-state index contributed by atoms with van der Waals surface area (Å²) in [7, 11) is 0. The van der Waals surface area contributed by atoms with E-state index in [0.29, 0.717) is 11.0 Å². The van der Waals surface area contributed by atoms with Crippen LogP contribution in [-0.4, -0.2) is 29.1 Å². The van der Waals surface area contributed by atoms with Gasteiger partial charge in [0.15, 0.2) is 5.13 Å². The van der Waals surface area contributed by atoms with Crippen LogP contribution in [0.4, 0.5) is 5.13 Å². The number of aromatic nitrogens is 2. The van der Waals surface area contributed by atoms with Gasteiger partial charge in [0.2, 0.25) is 5.91 Å². The molecule has 3 heterocycles. The van der Waals surface area contributed by atoms with Gasteiger partial charge in [0.05, 0.1) is 12.1 Å². The molecule has 1 amide bonds. The maximum absolute atomic E-state index is 12.4. The highest BCUT2D eigenvalue weighted by atomic mass is 32.1. The van der Waals surface area contributed by atoms with E-state index in [-0.39, 0.29) is 12.3 Å². The molecule has 0 aromatic carbocycles. The van der Waals surface area contributed by atoms with Crippen LogP contribution in [0.2, 0.25) is 0 Å². The first-order valence-electron chi connectivity index (χ1n) is 8.63. The lowest BCUT2D eigenvalue weighted by Gasteiger charge is -2.20. The molecule has 0 aliphatic carbocycles. The Kier molecular flexibility index (Phi) is 5.63. The van der Waals surface area contributed by atoms with Crippen molar-refractivity contribution in [1.82, 2.24) is 15.5 Å². The maximum atomic E-state index is 12.4. The summed E-state index contributed by atoms with van der Waals surface area (Å²) in [6, 6.07) is 0. The van der Waals surface area contributed by atoms with Crippen molar-refractivity contribution in [3.8, 4) is 0 Å². The molecule has 6 nitrogen and oxygen atoms in total. The molecule has 1 saturated heterocycles. The van der Waals surface area contributed by atoms with E-state index in [1.807, 2.05) is 20.0 Å². The van der Waals surface area contributed by atoms with Crippen LogP contribution < -0.4 is 10.6 Å². The predicted octanol–water partition coefficient (Wildman–Crippen LogP) is 2.90. The van der Waals surface area contributed by atoms with Gasteiger partial charge in [0.25, 0.3) is 0 Å². The standard InChI is InChI=1S/C17H24N4O2S/c1-3-13-12(14(4-2)23-21-13)9-16(22)20-17-19-10-15(24-17)11-5-7-18-8-6-11/h10-11,18H,3-9H2,1-2H3,(H,19,20,22). The van der Waals surface area contributed by atoms with E-state index in [0.717, 1.165) is 55.8 Å². The predicted molar refractivity (Wildman–Crippen MR) is 94.6 cm³/mol. The van der Waals surface area contributed by atoms with Crippen molar-refractivity contribution in [2.45, 2.75) is 51.9 Å². The van der Waals surface area contributed by atoms with Crippen molar-refractivity contribution in [3.63, 3.8) is 0 Å². The van der Waals surface area contributed by atoms with Crippen molar-refractivity contribution in [3.05, 3.63) is 28.1 Å². The Morgan fingerprint density at radius 1 is 1.38 bits per heavy atom. The highest BCUT2D eigenvalue weighted by Crippen LogP contribution is 2.31. The molecule has 1 fully saturated rings. The lowest BCUT2D eigenvalue weighted by Crippen LogP contribution is -2.26. The van der Waals surface area contributed by atoms with E-state index in [9.17, 15) is 4.79 Å². The Morgan fingerprint density at radius 3 is 2.88 bits per heavy atom. The van der Waals surface area contributed by atoms with Crippen LogP contribution >= 0.6 is 11.3 Å². The Labute approximate surface area is 146 Å². The van der Waals surface area contributed by atoms with E-state index < -0.39 is 0 Å². The molecule has 0 saturated carbocycles. The average Bonchev–Trinajstić information content (AvgIpc) is 3.22. The number of amides is 1. The molecular formula is C17H24N4O2S. The summed E-state index contributed by atoms with van der Waals surface area (Å²) in [5.74, 6) is 1.30. The summed E-state index contributed by atoms with van der Waals surface area (Å²) >= 11 is 1.59. The van der Waals surface area contributed by atoms with Gasteiger partial charge in [-0.3, -0.25) is 4.79 Å². The lowest BCUT2D eigenvalue weighted by molar-refractivity contribution is -0.115.